The van der Waals surface area contributed by atoms with Crippen LogP contribution in [0.4, 0.5) is 0 Å². The molecule has 2 aromatic heterocycles. The number of rotatable bonds is 2. The highest BCUT2D eigenvalue weighted by Crippen LogP contribution is 2.39. The molecule has 2 heterocycles. The zero-order valence-electron chi connectivity index (χ0n) is 8.55. The normalized spacial score (nSPS) is 15.0. The molecule has 2 aromatic rings. The van der Waals surface area contributed by atoms with E-state index in [1.54, 1.807) is 18.5 Å². The molecule has 1 saturated carbocycles. The van der Waals surface area contributed by atoms with Crippen LogP contribution in [0.3, 0.4) is 0 Å². The van der Waals surface area contributed by atoms with Crippen molar-refractivity contribution < 1.29 is 0 Å². The highest BCUT2D eigenvalue weighted by Gasteiger charge is 2.25. The molecule has 0 saturated heterocycles. The first-order valence-electron chi connectivity index (χ1n) is 5.21. The Hall–Kier alpha value is -1.62. The first kappa shape index (κ1) is 9.59. The van der Waals surface area contributed by atoms with Gasteiger partial charge in [-0.2, -0.15) is 0 Å². The second-order valence-electron chi connectivity index (χ2n) is 3.87. The third-order valence-corrected chi connectivity index (χ3v) is 2.77. The summed E-state index contributed by atoms with van der Waals surface area (Å²) in [5.41, 5.74) is 1.16. The molecule has 0 aromatic carbocycles. The fraction of sp³-hybridized carbons (Fsp3) is 0.273. The van der Waals surface area contributed by atoms with Gasteiger partial charge in [0.05, 0.1) is 0 Å². The summed E-state index contributed by atoms with van der Waals surface area (Å²) in [6.07, 6.45) is 5.85. The van der Waals surface area contributed by atoms with Crippen molar-refractivity contribution in [3.63, 3.8) is 0 Å². The van der Waals surface area contributed by atoms with Gasteiger partial charge in [-0.25, -0.2) is 15.0 Å². The van der Waals surface area contributed by atoms with Crippen molar-refractivity contribution in [1.82, 2.24) is 19.9 Å². The SMILES string of the molecule is S=c1cc(C2CC2)[nH]c(-c2ncccn2)n1. The molecule has 0 bridgehead atoms. The molecular formula is C11H10N4S. The van der Waals surface area contributed by atoms with Crippen molar-refractivity contribution in [2.45, 2.75) is 18.8 Å². The van der Waals surface area contributed by atoms with Crippen LogP contribution in [0, 0.1) is 4.64 Å². The molecule has 4 nitrogen and oxygen atoms in total. The van der Waals surface area contributed by atoms with E-state index in [0.29, 0.717) is 22.2 Å². The number of nitrogens with one attached hydrogen (secondary N) is 1. The molecule has 3 rings (SSSR count). The zero-order valence-corrected chi connectivity index (χ0v) is 9.37. The number of nitrogens with zero attached hydrogens (tertiary/aromatic N) is 3. The molecule has 5 heteroatoms. The van der Waals surface area contributed by atoms with Gasteiger partial charge in [-0.1, -0.05) is 12.2 Å². The van der Waals surface area contributed by atoms with E-state index >= 15 is 0 Å². The summed E-state index contributed by atoms with van der Waals surface area (Å²) < 4.78 is 0.600. The zero-order chi connectivity index (χ0) is 11.0. The molecule has 0 atom stereocenters. The van der Waals surface area contributed by atoms with Gasteiger partial charge in [-0.05, 0) is 30.9 Å². The van der Waals surface area contributed by atoms with E-state index in [-0.39, 0.29) is 0 Å². The highest BCUT2D eigenvalue weighted by atomic mass is 32.1. The molecule has 0 amide bonds. The number of hydrogen-bond donors (Lipinski definition) is 1. The van der Waals surface area contributed by atoms with Crippen molar-refractivity contribution in [2.24, 2.45) is 0 Å². The fourth-order valence-electron chi connectivity index (χ4n) is 1.62. The summed E-state index contributed by atoms with van der Waals surface area (Å²) in [5.74, 6) is 1.87. The third kappa shape index (κ3) is 1.86. The Labute approximate surface area is 97.8 Å². The molecule has 0 aliphatic heterocycles. The molecule has 1 fully saturated rings. The smallest absolute Gasteiger partial charge is 0.195 e. The Bertz CT molecular complexity index is 560. The molecule has 1 N–H and O–H groups in total. The van der Waals surface area contributed by atoms with E-state index in [9.17, 15) is 0 Å². The minimum Gasteiger partial charge on any atom is -0.340 e. The standard InChI is InChI=1S/C11H10N4S/c16-9-6-8(7-2-3-7)14-11(15-9)10-12-4-1-5-13-10/h1,4-7H,2-3H2,(H,14,15,16). The van der Waals surface area contributed by atoms with Gasteiger partial charge in [0.2, 0.25) is 0 Å². The van der Waals surface area contributed by atoms with Crippen molar-refractivity contribution in [3.05, 3.63) is 34.9 Å². The van der Waals surface area contributed by atoms with E-state index < -0.39 is 0 Å². The predicted molar refractivity (Wildman–Crippen MR) is 62.4 cm³/mol. The van der Waals surface area contributed by atoms with Gasteiger partial charge in [-0.15, -0.1) is 0 Å². The summed E-state index contributed by atoms with van der Waals surface area (Å²) in [5, 5.41) is 0. The molecule has 16 heavy (non-hydrogen) atoms. The largest absolute Gasteiger partial charge is 0.340 e. The third-order valence-electron chi connectivity index (χ3n) is 2.56. The molecular weight excluding hydrogens is 220 g/mol. The van der Waals surface area contributed by atoms with Crippen LogP contribution in [0.2, 0.25) is 0 Å². The Kier molecular flexibility index (Phi) is 2.25. The van der Waals surface area contributed by atoms with E-state index in [1.165, 1.54) is 12.8 Å². The maximum Gasteiger partial charge on any atom is 0.195 e. The van der Waals surface area contributed by atoms with Crippen molar-refractivity contribution in [3.8, 4) is 11.6 Å². The van der Waals surface area contributed by atoms with Crippen molar-refractivity contribution >= 4 is 12.2 Å². The van der Waals surface area contributed by atoms with E-state index in [0.717, 1.165) is 5.69 Å². The summed E-state index contributed by atoms with van der Waals surface area (Å²) >= 11 is 5.15. The first-order valence-corrected chi connectivity index (χ1v) is 5.62. The van der Waals surface area contributed by atoms with Crippen LogP contribution >= 0.6 is 12.2 Å². The number of aromatic nitrogens is 4. The van der Waals surface area contributed by atoms with Crippen LogP contribution in [0.1, 0.15) is 24.5 Å². The van der Waals surface area contributed by atoms with Gasteiger partial charge in [-0.3, -0.25) is 0 Å². The highest BCUT2D eigenvalue weighted by molar-refractivity contribution is 7.71. The van der Waals surface area contributed by atoms with Crippen LogP contribution in [-0.2, 0) is 0 Å². The van der Waals surface area contributed by atoms with Crippen LogP contribution in [0.5, 0.6) is 0 Å². The van der Waals surface area contributed by atoms with E-state index in [4.69, 9.17) is 12.2 Å². The lowest BCUT2D eigenvalue weighted by atomic mass is 10.3. The van der Waals surface area contributed by atoms with Gasteiger partial charge in [0.1, 0.15) is 4.64 Å². The van der Waals surface area contributed by atoms with Gasteiger partial charge in [0.15, 0.2) is 11.6 Å². The van der Waals surface area contributed by atoms with Gasteiger partial charge in [0, 0.05) is 18.1 Å². The number of H-pyrrole nitrogens is 1. The Morgan fingerprint density at radius 2 is 2.00 bits per heavy atom. The van der Waals surface area contributed by atoms with Crippen molar-refractivity contribution in [1.29, 1.82) is 0 Å². The van der Waals surface area contributed by atoms with Crippen molar-refractivity contribution in [2.75, 3.05) is 0 Å². The van der Waals surface area contributed by atoms with Crippen LogP contribution < -0.4 is 0 Å². The molecule has 1 aliphatic carbocycles. The van der Waals surface area contributed by atoms with E-state index in [2.05, 4.69) is 19.9 Å². The lowest BCUT2D eigenvalue weighted by Crippen LogP contribution is -1.97. The predicted octanol–water partition coefficient (Wildman–Crippen LogP) is 2.47. The molecule has 0 radical (unpaired) electrons. The summed E-state index contributed by atoms with van der Waals surface area (Å²) in [6, 6.07) is 3.71. The lowest BCUT2D eigenvalue weighted by molar-refractivity contribution is 0.969. The quantitative estimate of drug-likeness (QED) is 0.805. The maximum atomic E-state index is 5.15. The number of hydrogen-bond acceptors (Lipinski definition) is 4. The molecule has 0 unspecified atom stereocenters. The molecule has 0 spiro atoms. The summed E-state index contributed by atoms with van der Waals surface area (Å²) in [6.45, 7) is 0. The summed E-state index contributed by atoms with van der Waals surface area (Å²) in [4.78, 5) is 15.8. The first-order chi connectivity index (χ1) is 7.83. The molecule has 80 valence electrons. The van der Waals surface area contributed by atoms with Gasteiger partial charge < -0.3 is 4.98 Å². The van der Waals surface area contributed by atoms with Crippen LogP contribution in [0.25, 0.3) is 11.6 Å². The summed E-state index contributed by atoms with van der Waals surface area (Å²) in [7, 11) is 0. The van der Waals surface area contributed by atoms with Crippen LogP contribution in [0.15, 0.2) is 24.5 Å². The van der Waals surface area contributed by atoms with Crippen LogP contribution in [-0.4, -0.2) is 19.9 Å². The van der Waals surface area contributed by atoms with E-state index in [1.807, 2.05) is 6.07 Å². The Morgan fingerprint density at radius 1 is 1.25 bits per heavy atom. The minimum absolute atomic E-state index is 0.594. The Balaban J connectivity index is 2.10. The topological polar surface area (TPSA) is 54.5 Å². The average Bonchev–Trinajstić information content (AvgIpc) is 3.13. The average molecular weight is 230 g/mol. The number of aromatic amines is 1. The monoisotopic (exact) mass is 230 g/mol. The molecule has 1 aliphatic rings. The second-order valence-corrected chi connectivity index (χ2v) is 4.29. The second kappa shape index (κ2) is 3.75. The van der Waals surface area contributed by atoms with Gasteiger partial charge >= 0.3 is 0 Å². The minimum atomic E-state index is 0.594. The lowest BCUT2D eigenvalue weighted by Gasteiger charge is -2.02. The Morgan fingerprint density at radius 3 is 2.69 bits per heavy atom. The van der Waals surface area contributed by atoms with Gasteiger partial charge in [0.25, 0.3) is 0 Å². The maximum absolute atomic E-state index is 5.15. The fourth-order valence-corrected chi connectivity index (χ4v) is 1.84.